The van der Waals surface area contributed by atoms with Gasteiger partial charge in [-0.1, -0.05) is 12.1 Å². The van der Waals surface area contributed by atoms with Gasteiger partial charge in [0.1, 0.15) is 5.92 Å². The van der Waals surface area contributed by atoms with E-state index < -0.39 is 11.9 Å². The summed E-state index contributed by atoms with van der Waals surface area (Å²) in [6, 6.07) is 18.0. The summed E-state index contributed by atoms with van der Waals surface area (Å²) in [5.41, 5.74) is 5.59. The number of benzene rings is 3. The van der Waals surface area contributed by atoms with Crippen molar-refractivity contribution in [2.24, 2.45) is 4.99 Å². The van der Waals surface area contributed by atoms with E-state index in [4.69, 9.17) is 9.73 Å². The molecule has 0 aliphatic carbocycles. The van der Waals surface area contributed by atoms with Gasteiger partial charge in [-0.3, -0.25) is 29.4 Å². The van der Waals surface area contributed by atoms with E-state index in [1.165, 1.54) is 7.11 Å². The minimum absolute atomic E-state index is 0.0225. The number of ether oxygens (including phenoxy) is 1. The van der Waals surface area contributed by atoms with Crippen molar-refractivity contribution in [1.29, 1.82) is 0 Å². The van der Waals surface area contributed by atoms with E-state index in [-0.39, 0.29) is 11.8 Å². The average Bonchev–Trinajstić information content (AvgIpc) is 3.38. The Bertz CT molecular complexity index is 1760. The standard InChI is InChI=1S/C33H33N7O4/c1-38-14-16-40(17-15-38)20-29(41)39(2)24-8-6-23(7-9-24)36-31(21-5-11-26-28(18-21)35-13-12-34-26)30-25-10-4-22(33(43)44-3)19-27(25)37-32(30)42/h4-13,18-19,30H,14-17,20H2,1-3H3,(H,37,42). The number of nitrogens with one attached hydrogen (secondary N) is 1. The molecule has 6 rings (SSSR count). The highest BCUT2D eigenvalue weighted by molar-refractivity contribution is 6.24. The number of likely N-dealkylation sites (N-methyl/N-ethyl adjacent to an activating group) is 2. The van der Waals surface area contributed by atoms with Gasteiger partial charge in [0, 0.05) is 57.0 Å². The maximum absolute atomic E-state index is 13.5. The fourth-order valence-electron chi connectivity index (χ4n) is 5.53. The third kappa shape index (κ3) is 5.92. The van der Waals surface area contributed by atoms with Gasteiger partial charge >= 0.3 is 5.97 Å². The van der Waals surface area contributed by atoms with Crippen molar-refractivity contribution in [3.63, 3.8) is 0 Å². The summed E-state index contributed by atoms with van der Waals surface area (Å²) in [7, 11) is 5.19. The van der Waals surface area contributed by atoms with Crippen LogP contribution in [-0.2, 0) is 14.3 Å². The first-order chi connectivity index (χ1) is 21.3. The van der Waals surface area contributed by atoms with Gasteiger partial charge in [0.2, 0.25) is 11.8 Å². The van der Waals surface area contributed by atoms with Crippen LogP contribution in [0.4, 0.5) is 17.1 Å². The van der Waals surface area contributed by atoms with Crippen molar-refractivity contribution in [1.82, 2.24) is 19.8 Å². The predicted octanol–water partition coefficient (Wildman–Crippen LogP) is 3.48. The van der Waals surface area contributed by atoms with Gasteiger partial charge in [-0.25, -0.2) is 4.79 Å². The lowest BCUT2D eigenvalue weighted by Crippen LogP contribution is -2.48. The van der Waals surface area contributed by atoms with Gasteiger partial charge in [-0.2, -0.15) is 0 Å². The molecule has 224 valence electrons. The Morgan fingerprint density at radius 2 is 1.66 bits per heavy atom. The van der Waals surface area contributed by atoms with E-state index in [0.29, 0.717) is 45.8 Å². The number of hydrogen-bond acceptors (Lipinski definition) is 9. The lowest BCUT2D eigenvalue weighted by atomic mass is 9.90. The van der Waals surface area contributed by atoms with E-state index in [1.807, 2.05) is 42.5 Å². The van der Waals surface area contributed by atoms with E-state index in [1.54, 1.807) is 42.5 Å². The third-order valence-corrected chi connectivity index (χ3v) is 8.16. The Morgan fingerprint density at radius 3 is 2.39 bits per heavy atom. The van der Waals surface area contributed by atoms with Gasteiger partial charge < -0.3 is 19.9 Å². The molecule has 0 saturated carbocycles. The Balaban J connectivity index is 1.32. The number of carbonyl (C=O) groups excluding carboxylic acids is 3. The van der Waals surface area contributed by atoms with Crippen LogP contribution in [0.2, 0.25) is 0 Å². The molecule has 1 unspecified atom stereocenters. The van der Waals surface area contributed by atoms with Gasteiger partial charge in [0.15, 0.2) is 0 Å². The topological polar surface area (TPSA) is 120 Å². The minimum Gasteiger partial charge on any atom is -0.465 e. The van der Waals surface area contributed by atoms with Gasteiger partial charge in [-0.05, 0) is 66.7 Å². The summed E-state index contributed by atoms with van der Waals surface area (Å²) < 4.78 is 4.85. The van der Waals surface area contributed by atoms with Gasteiger partial charge in [0.25, 0.3) is 0 Å². The monoisotopic (exact) mass is 591 g/mol. The number of esters is 1. The molecule has 44 heavy (non-hydrogen) atoms. The molecule has 3 aromatic carbocycles. The number of rotatable bonds is 7. The summed E-state index contributed by atoms with van der Waals surface area (Å²) in [5.74, 6) is -1.46. The van der Waals surface area contributed by atoms with Crippen LogP contribution < -0.4 is 10.2 Å². The molecule has 2 aliphatic heterocycles. The van der Waals surface area contributed by atoms with Crippen molar-refractivity contribution < 1.29 is 19.1 Å². The van der Waals surface area contributed by atoms with Crippen LogP contribution in [0.1, 0.15) is 27.4 Å². The Hall–Kier alpha value is -5.00. The molecule has 11 nitrogen and oxygen atoms in total. The molecule has 1 fully saturated rings. The molecule has 1 saturated heterocycles. The quantitative estimate of drug-likeness (QED) is 0.256. The van der Waals surface area contributed by atoms with E-state index in [2.05, 4.69) is 32.1 Å². The lowest BCUT2D eigenvalue weighted by Gasteiger charge is -2.32. The Kier molecular flexibility index (Phi) is 8.14. The Labute approximate surface area is 255 Å². The zero-order valence-electron chi connectivity index (χ0n) is 24.9. The summed E-state index contributed by atoms with van der Waals surface area (Å²) in [6.45, 7) is 4.01. The second-order valence-electron chi connectivity index (χ2n) is 11.0. The lowest BCUT2D eigenvalue weighted by molar-refractivity contribution is -0.120. The number of aliphatic imine (C=N–C) groups is 1. The molecule has 1 atom stereocenters. The van der Waals surface area contributed by atoms with Crippen LogP contribution in [0.3, 0.4) is 0 Å². The molecule has 1 N–H and O–H groups in total. The molecule has 0 bridgehead atoms. The molecule has 3 heterocycles. The molecular formula is C33H33N7O4. The second kappa shape index (κ2) is 12.3. The molecule has 11 heteroatoms. The second-order valence-corrected chi connectivity index (χ2v) is 11.0. The molecule has 2 aliphatic rings. The number of hydrogen-bond donors (Lipinski definition) is 1. The molecule has 2 amide bonds. The van der Waals surface area contributed by atoms with E-state index in [9.17, 15) is 14.4 Å². The Morgan fingerprint density at radius 1 is 0.955 bits per heavy atom. The van der Waals surface area contributed by atoms with Crippen molar-refractivity contribution in [3.8, 4) is 0 Å². The van der Waals surface area contributed by atoms with Gasteiger partial charge in [0.05, 0.1) is 41.7 Å². The maximum Gasteiger partial charge on any atom is 0.337 e. The average molecular weight is 592 g/mol. The van der Waals surface area contributed by atoms with Crippen molar-refractivity contribution >= 4 is 51.6 Å². The zero-order chi connectivity index (χ0) is 30.8. The van der Waals surface area contributed by atoms with E-state index in [0.717, 1.165) is 37.4 Å². The largest absolute Gasteiger partial charge is 0.465 e. The first-order valence-electron chi connectivity index (χ1n) is 14.4. The number of carbonyl (C=O) groups is 3. The van der Waals surface area contributed by atoms with Crippen LogP contribution >= 0.6 is 0 Å². The van der Waals surface area contributed by atoms with Crippen LogP contribution in [-0.4, -0.2) is 97.2 Å². The smallest absolute Gasteiger partial charge is 0.337 e. The van der Waals surface area contributed by atoms with Crippen LogP contribution in [0.25, 0.3) is 11.0 Å². The summed E-state index contributed by atoms with van der Waals surface area (Å²) in [4.78, 5) is 58.5. The highest BCUT2D eigenvalue weighted by atomic mass is 16.5. The van der Waals surface area contributed by atoms with Crippen molar-refractivity contribution in [2.75, 3.05) is 64.1 Å². The van der Waals surface area contributed by atoms with Crippen LogP contribution in [0, 0.1) is 0 Å². The van der Waals surface area contributed by atoms with Crippen LogP contribution in [0.15, 0.2) is 78.0 Å². The first-order valence-corrected chi connectivity index (χ1v) is 14.4. The zero-order valence-corrected chi connectivity index (χ0v) is 24.9. The highest BCUT2D eigenvalue weighted by Crippen LogP contribution is 2.37. The number of nitrogens with zero attached hydrogens (tertiary/aromatic N) is 6. The van der Waals surface area contributed by atoms with Gasteiger partial charge in [-0.15, -0.1) is 0 Å². The van der Waals surface area contributed by atoms with E-state index >= 15 is 0 Å². The summed E-state index contributed by atoms with van der Waals surface area (Å²) >= 11 is 0. The fourth-order valence-corrected chi connectivity index (χ4v) is 5.53. The number of anilines is 2. The molecule has 4 aromatic rings. The molecule has 1 aromatic heterocycles. The summed E-state index contributed by atoms with van der Waals surface area (Å²) in [6.07, 6.45) is 3.25. The van der Waals surface area contributed by atoms with Crippen LogP contribution in [0.5, 0.6) is 0 Å². The number of fused-ring (bicyclic) bond motifs is 2. The van der Waals surface area contributed by atoms with Crippen molar-refractivity contribution in [2.45, 2.75) is 5.92 Å². The molecule has 0 radical (unpaired) electrons. The first kappa shape index (κ1) is 29.1. The molecular weight excluding hydrogens is 558 g/mol. The predicted molar refractivity (Wildman–Crippen MR) is 169 cm³/mol. The number of aromatic nitrogens is 2. The highest BCUT2D eigenvalue weighted by Gasteiger charge is 2.36. The maximum atomic E-state index is 13.5. The normalized spacial score (nSPS) is 17.3. The third-order valence-electron chi connectivity index (χ3n) is 8.16. The minimum atomic E-state index is -0.738. The number of amides is 2. The summed E-state index contributed by atoms with van der Waals surface area (Å²) in [5, 5.41) is 2.91. The fraction of sp³-hybridized carbons (Fsp3) is 0.273. The number of piperazine rings is 1. The SMILES string of the molecule is COC(=O)c1ccc2c(c1)NC(=O)C2C(=Nc1ccc(N(C)C(=O)CN2CCN(C)CC2)cc1)c1ccc2nccnc2c1. The number of methoxy groups -OCH3 is 1. The molecule has 0 spiro atoms. The van der Waals surface area contributed by atoms with Crippen molar-refractivity contribution in [3.05, 3.63) is 89.7 Å².